The Morgan fingerprint density at radius 2 is 1.91 bits per heavy atom. The molecule has 0 saturated carbocycles. The van der Waals surface area contributed by atoms with Crippen LogP contribution in [0, 0.1) is 10.1 Å². The van der Waals surface area contributed by atoms with Crippen LogP contribution in [0.4, 0.5) is 18.9 Å². The summed E-state index contributed by atoms with van der Waals surface area (Å²) in [4.78, 5) is 26.4. The molecule has 1 heterocycles. The van der Waals surface area contributed by atoms with Gasteiger partial charge in [0, 0.05) is 23.9 Å². The molecule has 34 heavy (non-hydrogen) atoms. The van der Waals surface area contributed by atoms with Crippen molar-refractivity contribution in [2.24, 2.45) is 0 Å². The van der Waals surface area contributed by atoms with E-state index in [4.69, 9.17) is 44.1 Å². The van der Waals surface area contributed by atoms with Crippen molar-refractivity contribution in [2.45, 2.75) is 43.8 Å². The molecule has 0 radical (unpaired) electrons. The van der Waals surface area contributed by atoms with Crippen LogP contribution < -0.4 is 10.0 Å². The quantitative estimate of drug-likeness (QED) is 0.147. The number of hydrogen-bond donors (Lipinski definition) is 0. The highest BCUT2D eigenvalue weighted by Gasteiger charge is 2.42. The van der Waals surface area contributed by atoms with Gasteiger partial charge in [0.2, 0.25) is 11.7 Å². The zero-order valence-corrected chi connectivity index (χ0v) is 20.8. The summed E-state index contributed by atoms with van der Waals surface area (Å²) in [5.74, 6) is -1.35. The molecule has 1 aromatic heterocycles. The van der Waals surface area contributed by atoms with Crippen LogP contribution in [0.3, 0.4) is 0 Å². The number of carbonyl (C=O) groups is 1. The molecule has 0 fully saturated rings. The van der Waals surface area contributed by atoms with Crippen LogP contribution in [-0.4, -0.2) is 26.1 Å². The lowest BCUT2D eigenvalue weighted by molar-refractivity contribution is -0.383. The maximum atomic E-state index is 12.9. The minimum absolute atomic E-state index is 0.109. The number of pyridine rings is 1. The number of rotatable bonds is 9. The maximum Gasteiger partial charge on any atom is 0.557 e. The monoisotopic (exact) mass is 561 g/mol. The summed E-state index contributed by atoms with van der Waals surface area (Å²) in [6.07, 6.45) is -5.37. The first-order valence-electron chi connectivity index (χ1n) is 9.34. The summed E-state index contributed by atoms with van der Waals surface area (Å²) in [6, 6.07) is 2.69. The second kappa shape index (κ2) is 10.7. The van der Waals surface area contributed by atoms with Gasteiger partial charge in [-0.05, 0) is 30.9 Å². The summed E-state index contributed by atoms with van der Waals surface area (Å²) in [6.45, 7) is 4.02. The van der Waals surface area contributed by atoms with Gasteiger partial charge in [-0.25, -0.2) is 4.98 Å². The average molecular weight is 563 g/mol. The fraction of sp³-hybridized carbons (Fsp3) is 0.368. The zero-order chi connectivity index (χ0) is 26.0. The number of nitro groups is 1. The van der Waals surface area contributed by atoms with E-state index in [1.807, 2.05) is 0 Å². The van der Waals surface area contributed by atoms with E-state index in [2.05, 4.69) is 4.98 Å². The Bertz CT molecular complexity index is 1140. The van der Waals surface area contributed by atoms with Crippen molar-refractivity contribution in [1.82, 2.24) is 4.98 Å². The molecule has 8 nitrogen and oxygen atoms in total. The number of hydrogen-bond acceptors (Lipinski definition) is 7. The minimum atomic E-state index is -4.68. The first kappa shape index (κ1) is 28.2. The van der Waals surface area contributed by atoms with Crippen molar-refractivity contribution in [3.63, 3.8) is 0 Å². The lowest BCUT2D eigenvalue weighted by atomic mass is 10.1. The van der Waals surface area contributed by atoms with Gasteiger partial charge in [0.15, 0.2) is 10.4 Å². The second-order valence-corrected chi connectivity index (χ2v) is 10.2. The minimum Gasteiger partial charge on any atom is -0.437 e. The molecule has 0 saturated heterocycles. The number of aryl methyl sites for hydroxylation is 1. The van der Waals surface area contributed by atoms with E-state index in [-0.39, 0.29) is 17.7 Å². The molecule has 0 N–H and O–H groups in total. The molecule has 0 amide bonds. The Morgan fingerprint density at radius 1 is 1.29 bits per heavy atom. The van der Waals surface area contributed by atoms with Gasteiger partial charge in [0.05, 0.1) is 10.5 Å². The van der Waals surface area contributed by atoms with E-state index in [0.717, 1.165) is 12.1 Å². The van der Waals surface area contributed by atoms with Crippen LogP contribution in [0.2, 0.25) is 5.02 Å². The first-order valence-corrected chi connectivity index (χ1v) is 11.7. The van der Waals surface area contributed by atoms with E-state index >= 15 is 0 Å². The third-order valence-electron chi connectivity index (χ3n) is 4.33. The topological polar surface area (TPSA) is 109 Å². The summed E-state index contributed by atoms with van der Waals surface area (Å²) < 4.78 is 60.1. The van der Waals surface area contributed by atoms with Gasteiger partial charge in [-0.3, -0.25) is 14.9 Å². The Hall–Kier alpha value is -2.04. The number of halogens is 6. The van der Waals surface area contributed by atoms with E-state index in [1.54, 1.807) is 6.92 Å². The fourth-order valence-corrected chi connectivity index (χ4v) is 4.19. The first-order chi connectivity index (χ1) is 15.6. The smallest absolute Gasteiger partial charge is 0.437 e. The number of ether oxygens (including phenoxy) is 1. The molecule has 2 atom stereocenters. The van der Waals surface area contributed by atoms with Gasteiger partial charge >= 0.3 is 25.2 Å². The van der Waals surface area contributed by atoms with Crippen LogP contribution in [0.1, 0.15) is 31.9 Å². The highest BCUT2D eigenvalue weighted by atomic mass is 35.5. The summed E-state index contributed by atoms with van der Waals surface area (Å²) in [5.41, 5.74) is -1.45. The number of alkyl halides is 5. The van der Waals surface area contributed by atoms with Gasteiger partial charge in [0.25, 0.3) is 0 Å². The molecule has 2 unspecified atom stereocenters. The molecule has 15 heteroatoms. The Morgan fingerprint density at radius 3 is 2.38 bits per heavy atom. The number of carbonyl (C=O) groups excluding carboxylic acids is 1. The molecule has 2 rings (SSSR count). The molecular weight excluding hydrogens is 547 g/mol. The van der Waals surface area contributed by atoms with Crippen LogP contribution in [0.25, 0.3) is 0 Å². The number of ketones is 1. The molecule has 1 aromatic carbocycles. The molecule has 184 valence electrons. The fourth-order valence-electron chi connectivity index (χ4n) is 2.63. The van der Waals surface area contributed by atoms with E-state index in [0.29, 0.717) is 12.3 Å². The number of aromatic nitrogens is 1. The lowest BCUT2D eigenvalue weighted by Crippen LogP contribution is -2.33. The third-order valence-corrected chi connectivity index (χ3v) is 6.23. The van der Waals surface area contributed by atoms with Crippen molar-refractivity contribution < 1.29 is 36.7 Å². The average Bonchev–Trinajstić information content (AvgIpc) is 2.72. The molecule has 0 bridgehead atoms. The van der Waals surface area contributed by atoms with Crippen molar-refractivity contribution in [1.29, 1.82) is 0 Å². The van der Waals surface area contributed by atoms with Crippen LogP contribution >= 0.6 is 42.8 Å². The predicted molar refractivity (Wildman–Crippen MR) is 120 cm³/mol. The molecule has 2 aromatic rings. The van der Waals surface area contributed by atoms with Crippen LogP contribution in [0.5, 0.6) is 11.6 Å². The highest BCUT2D eigenvalue weighted by Crippen LogP contribution is 2.39. The molecule has 0 spiro atoms. The highest BCUT2D eigenvalue weighted by molar-refractivity contribution is 7.48. The van der Waals surface area contributed by atoms with Crippen LogP contribution in [0.15, 0.2) is 24.4 Å². The van der Waals surface area contributed by atoms with Crippen LogP contribution in [-0.2, 0) is 26.5 Å². The Labute approximate surface area is 207 Å². The summed E-state index contributed by atoms with van der Waals surface area (Å²) in [7, 11) is -3.00. The number of nitro benzene ring substituents is 1. The standard InChI is InChI=1S/C19H16Cl3F3N2O6P/c1-4-10-5-13(27(29)30)15(34(31)33-9(2)16(28)18(3,21)22)7-14(10)32-17-12(20)6-11(8-26-17)19(23,24)25/h5-9H,4H2,1-3H3/q+1. The normalized spacial score (nSPS) is 13.4. The predicted octanol–water partition coefficient (Wildman–Crippen LogP) is 6.55. The largest absolute Gasteiger partial charge is 0.557 e. The van der Waals surface area contributed by atoms with Gasteiger partial charge in [0.1, 0.15) is 10.8 Å². The molecule has 0 aliphatic carbocycles. The Balaban J connectivity index is 2.49. The molecule has 0 aliphatic heterocycles. The number of benzene rings is 1. The second-order valence-electron chi connectivity index (χ2n) is 6.93. The zero-order valence-electron chi connectivity index (χ0n) is 17.7. The molecular formula is C19H16Cl3F3N2O6P+. The summed E-state index contributed by atoms with van der Waals surface area (Å²) >= 11 is 17.3. The third kappa shape index (κ3) is 6.76. The van der Waals surface area contributed by atoms with Crippen molar-refractivity contribution in [2.75, 3.05) is 0 Å². The van der Waals surface area contributed by atoms with Gasteiger partial charge in [-0.15, -0.1) is 4.52 Å². The van der Waals surface area contributed by atoms with E-state index in [9.17, 15) is 32.6 Å². The SMILES string of the molecule is CCc1cc([N+](=O)[O-])c([P+](=O)OC(C)C(=O)C(C)(Cl)Cl)cc1Oc1ncc(C(F)(F)F)cc1Cl. The number of nitrogens with zero attached hydrogens (tertiary/aromatic N) is 2. The molecule has 0 aliphatic rings. The Kier molecular flexibility index (Phi) is 8.88. The number of Topliss-reactive ketones (excluding diaryl/α,β-unsaturated/α-hetero) is 1. The van der Waals surface area contributed by atoms with Gasteiger partial charge < -0.3 is 4.74 Å². The van der Waals surface area contributed by atoms with Crippen molar-refractivity contribution in [3.8, 4) is 11.6 Å². The van der Waals surface area contributed by atoms with Crippen molar-refractivity contribution in [3.05, 3.63) is 50.7 Å². The lowest BCUT2D eigenvalue weighted by Gasteiger charge is -2.14. The van der Waals surface area contributed by atoms with Crippen molar-refractivity contribution >= 4 is 59.6 Å². The van der Waals surface area contributed by atoms with E-state index < -0.39 is 62.8 Å². The van der Waals surface area contributed by atoms with E-state index in [1.165, 1.54) is 13.8 Å². The van der Waals surface area contributed by atoms with Gasteiger partial charge in [-0.1, -0.05) is 41.7 Å². The summed E-state index contributed by atoms with van der Waals surface area (Å²) in [5, 5.41) is 10.6. The maximum absolute atomic E-state index is 12.9. The van der Waals surface area contributed by atoms with Gasteiger partial charge in [-0.2, -0.15) is 13.2 Å².